The van der Waals surface area contributed by atoms with E-state index in [-0.39, 0.29) is 18.0 Å². The van der Waals surface area contributed by atoms with E-state index in [9.17, 15) is 9.59 Å². The lowest BCUT2D eigenvalue weighted by molar-refractivity contribution is 0.0203. The molecule has 1 N–H and O–H groups in total. The fraction of sp³-hybridized carbons (Fsp3) is 0.522. The average Bonchev–Trinajstić information content (AvgIpc) is 3.08. The van der Waals surface area contributed by atoms with Crippen molar-refractivity contribution in [3.63, 3.8) is 0 Å². The summed E-state index contributed by atoms with van der Waals surface area (Å²) in [6, 6.07) is 5.51. The van der Waals surface area contributed by atoms with Crippen LogP contribution in [0.1, 0.15) is 67.0 Å². The van der Waals surface area contributed by atoms with Gasteiger partial charge in [-0.05, 0) is 65.2 Å². The fourth-order valence-corrected chi connectivity index (χ4v) is 3.72. The lowest BCUT2D eigenvalue weighted by Gasteiger charge is -2.32. The van der Waals surface area contributed by atoms with E-state index in [1.54, 1.807) is 11.0 Å². The topological polar surface area (TPSA) is 84.5 Å². The van der Waals surface area contributed by atoms with Crippen LogP contribution in [-0.4, -0.2) is 52.7 Å². The van der Waals surface area contributed by atoms with Crippen molar-refractivity contribution in [1.82, 2.24) is 14.9 Å². The normalized spacial score (nSPS) is 15.2. The number of hydrogen-bond acceptors (Lipinski definition) is 5. The lowest BCUT2D eigenvalue weighted by atomic mass is 9.96. The van der Waals surface area contributed by atoms with Crippen LogP contribution in [0.15, 0.2) is 18.2 Å². The predicted octanol–water partition coefficient (Wildman–Crippen LogP) is 4.59. The first-order chi connectivity index (χ1) is 14.1. The molecule has 1 aromatic carbocycles. The highest BCUT2D eigenvalue weighted by Crippen LogP contribution is 2.32. The van der Waals surface area contributed by atoms with Crippen molar-refractivity contribution >= 4 is 12.1 Å². The quantitative estimate of drug-likeness (QED) is 0.744. The lowest BCUT2D eigenvalue weighted by Crippen LogP contribution is -2.41. The Kier molecular flexibility index (Phi) is 6.19. The zero-order valence-corrected chi connectivity index (χ0v) is 18.7. The van der Waals surface area contributed by atoms with Crippen molar-refractivity contribution in [2.75, 3.05) is 20.2 Å². The largest absolute Gasteiger partial charge is 0.465 e. The van der Waals surface area contributed by atoms with Crippen molar-refractivity contribution in [3.05, 3.63) is 40.8 Å². The van der Waals surface area contributed by atoms with Crippen molar-refractivity contribution in [2.45, 2.75) is 59.0 Å². The molecule has 0 unspecified atom stereocenters. The number of likely N-dealkylation sites (tertiary alicyclic amines) is 1. The van der Waals surface area contributed by atoms with Crippen LogP contribution < -0.4 is 0 Å². The van der Waals surface area contributed by atoms with Crippen LogP contribution in [0.4, 0.5) is 4.79 Å². The standard InChI is InChI=1S/C23H31N3O4/c1-14-7-8-17(21(27)29-6)13-18(14)19-15(2)24-20(25-19)16-9-11-26(12-10-16)22(28)30-23(3,4)5/h7-8,13,16H,9-12H2,1-6H3,(H,24,25). The van der Waals surface area contributed by atoms with E-state index in [1.165, 1.54) is 7.11 Å². The number of aromatic nitrogens is 2. The maximum Gasteiger partial charge on any atom is 0.410 e. The Balaban J connectivity index is 1.75. The van der Waals surface area contributed by atoms with Crippen LogP contribution in [-0.2, 0) is 9.47 Å². The molecule has 7 nitrogen and oxygen atoms in total. The van der Waals surface area contributed by atoms with Gasteiger partial charge >= 0.3 is 12.1 Å². The Morgan fingerprint density at radius 1 is 1.17 bits per heavy atom. The number of nitrogens with zero attached hydrogens (tertiary/aromatic N) is 2. The molecule has 30 heavy (non-hydrogen) atoms. The number of rotatable bonds is 3. The van der Waals surface area contributed by atoms with Gasteiger partial charge in [-0.3, -0.25) is 0 Å². The third-order valence-electron chi connectivity index (χ3n) is 5.35. The summed E-state index contributed by atoms with van der Waals surface area (Å²) in [7, 11) is 1.38. The Bertz CT molecular complexity index is 934. The Hall–Kier alpha value is -2.83. The third kappa shape index (κ3) is 4.83. The zero-order chi connectivity index (χ0) is 22.1. The van der Waals surface area contributed by atoms with E-state index in [1.807, 2.05) is 46.8 Å². The molecule has 0 radical (unpaired) electrons. The highest BCUT2D eigenvalue weighted by molar-refractivity contribution is 5.91. The number of aromatic amines is 1. The van der Waals surface area contributed by atoms with Gasteiger partial charge in [0.05, 0.1) is 18.4 Å². The second kappa shape index (κ2) is 8.50. The number of carbonyl (C=O) groups is 2. The van der Waals surface area contributed by atoms with Crippen molar-refractivity contribution in [2.24, 2.45) is 0 Å². The first-order valence-electron chi connectivity index (χ1n) is 10.3. The SMILES string of the molecule is COC(=O)c1ccc(C)c(-c2nc(C3CCN(C(=O)OC(C)(C)C)CC3)[nH]c2C)c1. The number of imidazole rings is 1. The third-order valence-corrected chi connectivity index (χ3v) is 5.35. The van der Waals surface area contributed by atoms with Gasteiger partial charge in [-0.15, -0.1) is 0 Å². The van der Waals surface area contributed by atoms with Crippen LogP contribution in [0.3, 0.4) is 0 Å². The number of hydrogen-bond donors (Lipinski definition) is 1. The number of ether oxygens (including phenoxy) is 2. The van der Waals surface area contributed by atoms with E-state index >= 15 is 0 Å². The minimum absolute atomic E-state index is 0.250. The van der Waals surface area contributed by atoms with Gasteiger partial charge in [-0.25, -0.2) is 14.6 Å². The number of nitrogens with one attached hydrogen (secondary N) is 1. The zero-order valence-electron chi connectivity index (χ0n) is 18.7. The molecule has 0 spiro atoms. The molecule has 1 amide bonds. The first-order valence-corrected chi connectivity index (χ1v) is 10.3. The molecule has 2 heterocycles. The molecule has 0 saturated carbocycles. The fourth-order valence-electron chi connectivity index (χ4n) is 3.72. The van der Waals surface area contributed by atoms with Crippen LogP contribution in [0.2, 0.25) is 0 Å². The monoisotopic (exact) mass is 413 g/mol. The Labute approximate surface area is 177 Å². The van der Waals surface area contributed by atoms with Gasteiger partial charge in [-0.1, -0.05) is 6.07 Å². The second-order valence-electron chi connectivity index (χ2n) is 8.86. The predicted molar refractivity (Wildman–Crippen MR) is 115 cm³/mol. The number of piperidine rings is 1. The molecular formula is C23H31N3O4. The molecule has 1 aliphatic heterocycles. The molecule has 0 bridgehead atoms. The van der Waals surface area contributed by atoms with Gasteiger partial charge < -0.3 is 19.4 Å². The van der Waals surface area contributed by atoms with Crippen LogP contribution in [0.5, 0.6) is 0 Å². The summed E-state index contributed by atoms with van der Waals surface area (Å²) < 4.78 is 10.3. The summed E-state index contributed by atoms with van der Waals surface area (Å²) in [5.74, 6) is 0.814. The Morgan fingerprint density at radius 3 is 2.43 bits per heavy atom. The molecule has 1 saturated heterocycles. The van der Waals surface area contributed by atoms with Crippen molar-refractivity contribution < 1.29 is 19.1 Å². The number of aryl methyl sites for hydroxylation is 2. The van der Waals surface area contributed by atoms with Gasteiger partial charge in [0.2, 0.25) is 0 Å². The van der Waals surface area contributed by atoms with E-state index in [2.05, 4.69) is 4.98 Å². The highest BCUT2D eigenvalue weighted by atomic mass is 16.6. The number of carbonyl (C=O) groups excluding carboxylic acids is 2. The first kappa shape index (κ1) is 21.9. The molecule has 0 aliphatic carbocycles. The van der Waals surface area contributed by atoms with E-state index in [0.717, 1.165) is 41.2 Å². The number of esters is 1. The summed E-state index contributed by atoms with van der Waals surface area (Å²) in [5, 5.41) is 0. The number of amides is 1. The van der Waals surface area contributed by atoms with Crippen LogP contribution >= 0.6 is 0 Å². The van der Waals surface area contributed by atoms with Gasteiger partial charge in [0.25, 0.3) is 0 Å². The summed E-state index contributed by atoms with van der Waals surface area (Å²) in [6.45, 7) is 10.9. The maximum absolute atomic E-state index is 12.3. The minimum Gasteiger partial charge on any atom is -0.465 e. The second-order valence-corrected chi connectivity index (χ2v) is 8.86. The minimum atomic E-state index is -0.489. The van der Waals surface area contributed by atoms with Gasteiger partial charge in [-0.2, -0.15) is 0 Å². The van der Waals surface area contributed by atoms with Gasteiger partial charge in [0, 0.05) is 30.3 Å². The van der Waals surface area contributed by atoms with Crippen LogP contribution in [0, 0.1) is 13.8 Å². The smallest absolute Gasteiger partial charge is 0.410 e. The molecule has 2 aromatic rings. The molecule has 162 valence electrons. The van der Waals surface area contributed by atoms with Crippen molar-refractivity contribution in [1.29, 1.82) is 0 Å². The van der Waals surface area contributed by atoms with Gasteiger partial charge in [0.15, 0.2) is 0 Å². The van der Waals surface area contributed by atoms with Crippen molar-refractivity contribution in [3.8, 4) is 11.3 Å². The summed E-state index contributed by atoms with van der Waals surface area (Å²) in [5.41, 5.74) is 3.80. The molecule has 1 aromatic heterocycles. The molecule has 1 fully saturated rings. The summed E-state index contributed by atoms with van der Waals surface area (Å²) >= 11 is 0. The van der Waals surface area contributed by atoms with E-state index < -0.39 is 5.60 Å². The van der Waals surface area contributed by atoms with E-state index in [0.29, 0.717) is 18.7 Å². The Morgan fingerprint density at radius 2 is 1.83 bits per heavy atom. The molecule has 3 rings (SSSR count). The maximum atomic E-state index is 12.3. The van der Waals surface area contributed by atoms with E-state index in [4.69, 9.17) is 14.5 Å². The van der Waals surface area contributed by atoms with Crippen LogP contribution in [0.25, 0.3) is 11.3 Å². The number of benzene rings is 1. The summed E-state index contributed by atoms with van der Waals surface area (Å²) in [6.07, 6.45) is 1.40. The molecule has 7 heteroatoms. The molecule has 1 aliphatic rings. The summed E-state index contributed by atoms with van der Waals surface area (Å²) in [4.78, 5) is 34.3. The molecule has 0 atom stereocenters. The number of H-pyrrole nitrogens is 1. The molecular weight excluding hydrogens is 382 g/mol. The van der Waals surface area contributed by atoms with Gasteiger partial charge in [0.1, 0.15) is 11.4 Å². The highest BCUT2D eigenvalue weighted by Gasteiger charge is 2.29. The number of methoxy groups -OCH3 is 1. The average molecular weight is 414 g/mol.